The van der Waals surface area contributed by atoms with Gasteiger partial charge in [-0.2, -0.15) is 0 Å². The van der Waals surface area contributed by atoms with Crippen LogP contribution in [0.1, 0.15) is 38.2 Å². The highest BCUT2D eigenvalue weighted by molar-refractivity contribution is 5.20. The minimum absolute atomic E-state index is 0.606. The molecule has 18 heavy (non-hydrogen) atoms. The molecule has 1 aromatic carbocycles. The van der Waals surface area contributed by atoms with Gasteiger partial charge in [0.15, 0.2) is 0 Å². The van der Waals surface area contributed by atoms with E-state index in [1.165, 1.54) is 5.56 Å². The lowest BCUT2D eigenvalue weighted by Gasteiger charge is -2.28. The van der Waals surface area contributed by atoms with Gasteiger partial charge in [-0.05, 0) is 30.2 Å². The molecule has 0 bridgehead atoms. The van der Waals surface area contributed by atoms with Crippen LogP contribution in [0.2, 0.25) is 0 Å². The molecule has 2 nitrogen and oxygen atoms in total. The van der Waals surface area contributed by atoms with Crippen molar-refractivity contribution < 1.29 is 4.74 Å². The van der Waals surface area contributed by atoms with Crippen molar-refractivity contribution in [3.8, 4) is 0 Å². The first-order valence-electron chi connectivity index (χ1n) is 7.13. The number of benzene rings is 1. The Kier molecular flexibility index (Phi) is 5.21. The first kappa shape index (κ1) is 13.6. The van der Waals surface area contributed by atoms with Crippen molar-refractivity contribution in [2.75, 3.05) is 19.8 Å². The molecule has 1 saturated heterocycles. The molecule has 1 heterocycles. The second-order valence-corrected chi connectivity index (χ2v) is 5.56. The van der Waals surface area contributed by atoms with Crippen LogP contribution in [0.4, 0.5) is 0 Å². The summed E-state index contributed by atoms with van der Waals surface area (Å²) in [5, 5.41) is 3.72. The minimum Gasteiger partial charge on any atom is -0.381 e. The molecule has 2 heteroatoms. The van der Waals surface area contributed by atoms with E-state index in [-0.39, 0.29) is 0 Å². The van der Waals surface area contributed by atoms with Gasteiger partial charge < -0.3 is 10.1 Å². The molecule has 0 amide bonds. The van der Waals surface area contributed by atoms with Crippen molar-refractivity contribution in [1.82, 2.24) is 5.32 Å². The second-order valence-electron chi connectivity index (χ2n) is 5.56. The van der Waals surface area contributed by atoms with Gasteiger partial charge in [0.05, 0.1) is 0 Å². The average molecular weight is 247 g/mol. The summed E-state index contributed by atoms with van der Waals surface area (Å²) in [4.78, 5) is 0. The Morgan fingerprint density at radius 3 is 2.44 bits per heavy atom. The summed E-state index contributed by atoms with van der Waals surface area (Å²) in [5.41, 5.74) is 1.45. The Balaban J connectivity index is 1.90. The highest BCUT2D eigenvalue weighted by Crippen LogP contribution is 2.23. The molecular formula is C16H25NO. The Bertz CT molecular complexity index is 330. The molecule has 1 unspecified atom stereocenters. The molecule has 1 aliphatic rings. The van der Waals surface area contributed by atoms with Gasteiger partial charge >= 0.3 is 0 Å². The number of ether oxygens (including phenoxy) is 1. The van der Waals surface area contributed by atoms with Gasteiger partial charge in [0.1, 0.15) is 0 Å². The van der Waals surface area contributed by atoms with Crippen LogP contribution in [0.5, 0.6) is 0 Å². The minimum atomic E-state index is 0.606. The van der Waals surface area contributed by atoms with E-state index in [0.717, 1.165) is 32.6 Å². The fourth-order valence-corrected chi connectivity index (χ4v) is 2.63. The molecule has 0 aromatic heterocycles. The summed E-state index contributed by atoms with van der Waals surface area (Å²) in [6, 6.07) is 11.5. The topological polar surface area (TPSA) is 21.3 Å². The zero-order valence-corrected chi connectivity index (χ0v) is 11.6. The van der Waals surface area contributed by atoms with Gasteiger partial charge in [-0.15, -0.1) is 0 Å². The highest BCUT2D eigenvalue weighted by Gasteiger charge is 2.19. The zero-order valence-electron chi connectivity index (χ0n) is 11.6. The van der Waals surface area contributed by atoms with E-state index in [2.05, 4.69) is 49.5 Å². The lowest BCUT2D eigenvalue weighted by molar-refractivity contribution is 0.0773. The molecule has 1 aromatic rings. The predicted molar refractivity (Wildman–Crippen MR) is 75.9 cm³/mol. The number of rotatable bonds is 5. The third-order valence-electron chi connectivity index (χ3n) is 3.88. The van der Waals surface area contributed by atoms with Gasteiger partial charge in [0.25, 0.3) is 0 Å². The van der Waals surface area contributed by atoms with Gasteiger partial charge in [-0.25, -0.2) is 0 Å². The smallest absolute Gasteiger partial charge is 0.0480 e. The van der Waals surface area contributed by atoms with Gasteiger partial charge in [-0.1, -0.05) is 44.2 Å². The number of hydrogen-bond donors (Lipinski definition) is 1. The van der Waals surface area contributed by atoms with E-state index in [1.54, 1.807) is 0 Å². The molecule has 0 radical (unpaired) electrons. The van der Waals surface area contributed by atoms with Crippen LogP contribution in [0.3, 0.4) is 0 Å². The molecule has 1 aliphatic heterocycles. The summed E-state index contributed by atoms with van der Waals surface area (Å²) < 4.78 is 5.40. The number of hydrogen-bond acceptors (Lipinski definition) is 2. The average Bonchev–Trinajstić information content (AvgIpc) is 2.41. The maximum absolute atomic E-state index is 5.40. The van der Waals surface area contributed by atoms with Crippen LogP contribution in [0.15, 0.2) is 30.3 Å². The van der Waals surface area contributed by atoms with Gasteiger partial charge in [-0.3, -0.25) is 0 Å². The van der Waals surface area contributed by atoms with E-state index in [0.29, 0.717) is 17.9 Å². The summed E-state index contributed by atoms with van der Waals surface area (Å²) in [7, 11) is 0. The van der Waals surface area contributed by atoms with Crippen molar-refractivity contribution in [2.45, 2.75) is 38.6 Å². The van der Waals surface area contributed by atoms with Crippen LogP contribution >= 0.6 is 0 Å². The molecule has 0 aliphatic carbocycles. The van der Waals surface area contributed by atoms with Gasteiger partial charge in [0.2, 0.25) is 0 Å². The Morgan fingerprint density at radius 1 is 1.17 bits per heavy atom. The highest BCUT2D eigenvalue weighted by atomic mass is 16.5. The maximum atomic E-state index is 5.40. The first-order chi connectivity index (χ1) is 8.77. The lowest BCUT2D eigenvalue weighted by atomic mass is 9.88. The Morgan fingerprint density at radius 2 is 1.83 bits per heavy atom. The Hall–Kier alpha value is -0.860. The first-order valence-corrected chi connectivity index (χ1v) is 7.13. The standard InChI is InChI=1S/C16H25NO/c1-13(2)16(14-6-4-3-5-7-14)12-17-15-8-10-18-11-9-15/h3-7,13,15-17H,8-12H2,1-2H3. The summed E-state index contributed by atoms with van der Waals surface area (Å²) in [5.74, 6) is 1.27. The van der Waals surface area contributed by atoms with E-state index in [1.807, 2.05) is 0 Å². The molecule has 1 N–H and O–H groups in total. The van der Waals surface area contributed by atoms with E-state index in [9.17, 15) is 0 Å². The van der Waals surface area contributed by atoms with Crippen LogP contribution in [-0.4, -0.2) is 25.8 Å². The predicted octanol–water partition coefficient (Wildman–Crippen LogP) is 3.19. The zero-order chi connectivity index (χ0) is 12.8. The molecule has 0 spiro atoms. The molecule has 2 rings (SSSR count). The SMILES string of the molecule is CC(C)C(CNC1CCOCC1)c1ccccc1. The van der Waals surface area contributed by atoms with Gasteiger partial charge in [0, 0.05) is 25.8 Å². The van der Waals surface area contributed by atoms with Crippen LogP contribution in [-0.2, 0) is 4.74 Å². The lowest BCUT2D eigenvalue weighted by Crippen LogP contribution is -2.38. The third-order valence-corrected chi connectivity index (χ3v) is 3.88. The van der Waals surface area contributed by atoms with Crippen molar-refractivity contribution in [3.63, 3.8) is 0 Å². The summed E-state index contributed by atoms with van der Waals surface area (Å²) in [6.07, 6.45) is 2.30. The second kappa shape index (κ2) is 6.91. The summed E-state index contributed by atoms with van der Waals surface area (Å²) in [6.45, 7) is 7.52. The van der Waals surface area contributed by atoms with Crippen LogP contribution in [0.25, 0.3) is 0 Å². The molecule has 1 atom stereocenters. The van der Waals surface area contributed by atoms with Crippen molar-refractivity contribution in [3.05, 3.63) is 35.9 Å². The van der Waals surface area contributed by atoms with E-state index >= 15 is 0 Å². The quantitative estimate of drug-likeness (QED) is 0.862. The van der Waals surface area contributed by atoms with Crippen molar-refractivity contribution >= 4 is 0 Å². The largest absolute Gasteiger partial charge is 0.381 e. The summed E-state index contributed by atoms with van der Waals surface area (Å²) >= 11 is 0. The molecular weight excluding hydrogens is 222 g/mol. The molecule has 0 saturated carbocycles. The van der Waals surface area contributed by atoms with Crippen molar-refractivity contribution in [1.29, 1.82) is 0 Å². The van der Waals surface area contributed by atoms with Crippen molar-refractivity contribution in [2.24, 2.45) is 5.92 Å². The maximum Gasteiger partial charge on any atom is 0.0480 e. The van der Waals surface area contributed by atoms with Crippen LogP contribution < -0.4 is 5.32 Å². The fraction of sp³-hybridized carbons (Fsp3) is 0.625. The third kappa shape index (κ3) is 3.82. The molecule has 1 fully saturated rings. The number of nitrogens with one attached hydrogen (secondary N) is 1. The molecule has 100 valence electrons. The fourth-order valence-electron chi connectivity index (χ4n) is 2.63. The normalized spacial score (nSPS) is 19.1. The van der Waals surface area contributed by atoms with E-state index < -0.39 is 0 Å². The Labute approximate surface area is 111 Å². The monoisotopic (exact) mass is 247 g/mol. The van der Waals surface area contributed by atoms with Crippen LogP contribution in [0, 0.1) is 5.92 Å². The van der Waals surface area contributed by atoms with E-state index in [4.69, 9.17) is 4.74 Å².